The molecule has 0 spiro atoms. The van der Waals surface area contributed by atoms with Gasteiger partial charge in [0.1, 0.15) is 0 Å². The summed E-state index contributed by atoms with van der Waals surface area (Å²) in [5, 5.41) is 7.20. The first-order valence-electron chi connectivity index (χ1n) is 10.7. The molecule has 0 bridgehead atoms. The fourth-order valence-electron chi connectivity index (χ4n) is 4.22. The zero-order valence-electron chi connectivity index (χ0n) is 17.9. The molecule has 1 aromatic carbocycles. The molecular weight excluding hydrogens is 380 g/mol. The van der Waals surface area contributed by atoms with Crippen molar-refractivity contribution in [1.29, 1.82) is 0 Å². The second kappa shape index (κ2) is 8.60. The monoisotopic (exact) mass is 410 g/mol. The fraction of sp³-hybridized carbons (Fsp3) is 0.522. The molecule has 1 N–H and O–H groups in total. The first-order valence-corrected chi connectivity index (χ1v) is 10.7. The fourth-order valence-corrected chi connectivity index (χ4v) is 4.22. The minimum atomic E-state index is -0.173. The maximum absolute atomic E-state index is 13.3. The Balaban J connectivity index is 1.43. The third-order valence-electron chi connectivity index (χ3n) is 6.23. The molecule has 0 radical (unpaired) electrons. The maximum atomic E-state index is 13.3. The van der Waals surface area contributed by atoms with Gasteiger partial charge in [0.25, 0.3) is 0 Å². The lowest BCUT2D eigenvalue weighted by Crippen LogP contribution is -2.43. The van der Waals surface area contributed by atoms with Gasteiger partial charge in [0, 0.05) is 38.0 Å². The molecule has 3 atom stereocenters. The number of aromatic nitrogens is 2. The van der Waals surface area contributed by atoms with E-state index in [9.17, 15) is 9.59 Å². The number of benzene rings is 1. The van der Waals surface area contributed by atoms with Crippen LogP contribution in [0.15, 0.2) is 30.6 Å². The predicted molar refractivity (Wildman–Crippen MR) is 114 cm³/mol. The minimum Gasteiger partial charge on any atom is -0.376 e. The van der Waals surface area contributed by atoms with E-state index >= 15 is 0 Å². The highest BCUT2D eigenvalue weighted by Crippen LogP contribution is 2.48. The van der Waals surface area contributed by atoms with Gasteiger partial charge in [-0.05, 0) is 61.8 Å². The molecule has 4 rings (SSSR count). The second-order valence-electron chi connectivity index (χ2n) is 8.55. The van der Waals surface area contributed by atoms with Crippen LogP contribution in [0.2, 0.25) is 0 Å². The molecule has 1 aliphatic carbocycles. The van der Waals surface area contributed by atoms with Crippen LogP contribution >= 0.6 is 0 Å². The highest BCUT2D eigenvalue weighted by Gasteiger charge is 2.47. The average molecular weight is 411 g/mol. The molecule has 1 saturated carbocycles. The number of nitrogens with one attached hydrogen (secondary N) is 1. The van der Waals surface area contributed by atoms with E-state index in [-0.39, 0.29) is 36.3 Å². The van der Waals surface area contributed by atoms with Crippen LogP contribution in [0.5, 0.6) is 0 Å². The van der Waals surface area contributed by atoms with Gasteiger partial charge >= 0.3 is 0 Å². The molecule has 1 saturated heterocycles. The van der Waals surface area contributed by atoms with Crippen LogP contribution in [-0.4, -0.2) is 52.3 Å². The van der Waals surface area contributed by atoms with Gasteiger partial charge in [0.15, 0.2) is 0 Å². The Morgan fingerprint density at radius 1 is 1.33 bits per heavy atom. The molecule has 2 amide bonds. The topological polar surface area (TPSA) is 76.5 Å². The summed E-state index contributed by atoms with van der Waals surface area (Å²) < 4.78 is 7.51. The minimum absolute atomic E-state index is 0.0121. The van der Waals surface area contributed by atoms with E-state index in [4.69, 9.17) is 4.74 Å². The van der Waals surface area contributed by atoms with Crippen molar-refractivity contribution < 1.29 is 14.3 Å². The van der Waals surface area contributed by atoms with Gasteiger partial charge < -0.3 is 15.0 Å². The Morgan fingerprint density at radius 2 is 2.17 bits per heavy atom. The number of carbonyl (C=O) groups excluding carboxylic acids is 2. The Morgan fingerprint density at radius 3 is 2.87 bits per heavy atom. The highest BCUT2D eigenvalue weighted by atomic mass is 16.5. The summed E-state index contributed by atoms with van der Waals surface area (Å²) in [5.41, 5.74) is 4.05. The average Bonchev–Trinajstić information content (AvgIpc) is 3.10. The summed E-state index contributed by atoms with van der Waals surface area (Å²) in [4.78, 5) is 27.8. The lowest BCUT2D eigenvalue weighted by atomic mass is 10.1. The van der Waals surface area contributed by atoms with Gasteiger partial charge in [0.2, 0.25) is 11.8 Å². The molecule has 1 aliphatic heterocycles. The Hall–Kier alpha value is -2.67. The van der Waals surface area contributed by atoms with Gasteiger partial charge in [-0.25, -0.2) is 0 Å². The van der Waals surface area contributed by atoms with Crippen molar-refractivity contribution in [2.75, 3.05) is 25.0 Å². The molecule has 7 nitrogen and oxygen atoms in total. The quantitative estimate of drug-likeness (QED) is 0.762. The van der Waals surface area contributed by atoms with E-state index in [1.807, 2.05) is 51.5 Å². The van der Waals surface area contributed by atoms with Crippen LogP contribution in [0.4, 0.5) is 5.69 Å². The van der Waals surface area contributed by atoms with E-state index in [1.54, 1.807) is 9.58 Å². The number of amides is 2. The first-order chi connectivity index (χ1) is 14.4. The Kier molecular flexibility index (Phi) is 5.90. The molecule has 3 unspecified atom stereocenters. The van der Waals surface area contributed by atoms with E-state index in [0.29, 0.717) is 6.54 Å². The maximum Gasteiger partial charge on any atom is 0.244 e. The van der Waals surface area contributed by atoms with Gasteiger partial charge in [-0.2, -0.15) is 5.10 Å². The van der Waals surface area contributed by atoms with Crippen LogP contribution in [0, 0.1) is 19.8 Å². The van der Waals surface area contributed by atoms with Crippen molar-refractivity contribution in [3.63, 3.8) is 0 Å². The van der Waals surface area contributed by atoms with E-state index in [1.165, 1.54) is 0 Å². The molecule has 1 aromatic heterocycles. The largest absolute Gasteiger partial charge is 0.376 e. The number of carbonyl (C=O) groups is 2. The molecule has 30 heavy (non-hydrogen) atoms. The predicted octanol–water partition coefficient (Wildman–Crippen LogP) is 2.79. The van der Waals surface area contributed by atoms with Crippen molar-refractivity contribution in [2.24, 2.45) is 13.0 Å². The Bertz CT molecular complexity index is 932. The molecular formula is C23H30N4O3. The van der Waals surface area contributed by atoms with Crippen molar-refractivity contribution in [3.05, 3.63) is 47.3 Å². The molecule has 160 valence electrons. The van der Waals surface area contributed by atoms with Crippen LogP contribution in [0.25, 0.3) is 0 Å². The number of nitrogens with zero attached hydrogens (tertiary/aromatic N) is 3. The first kappa shape index (κ1) is 20.6. The molecule has 7 heteroatoms. The lowest BCUT2D eigenvalue weighted by molar-refractivity contribution is -0.137. The van der Waals surface area contributed by atoms with Gasteiger partial charge in [-0.15, -0.1) is 0 Å². The third kappa shape index (κ3) is 4.56. The zero-order valence-corrected chi connectivity index (χ0v) is 17.9. The summed E-state index contributed by atoms with van der Waals surface area (Å²) in [6.45, 7) is 5.24. The number of hydrogen-bond donors (Lipinski definition) is 1. The van der Waals surface area contributed by atoms with E-state index in [0.717, 1.165) is 48.2 Å². The molecule has 2 fully saturated rings. The number of ether oxygens (including phenoxy) is 1. The SMILES string of the molecule is Cc1cccc(NC(=O)CN(CC2CCCO2)C(=O)C2CC2c2cnn(C)c2)c1C. The molecule has 2 heterocycles. The summed E-state index contributed by atoms with van der Waals surface area (Å²) in [6, 6.07) is 5.84. The second-order valence-corrected chi connectivity index (χ2v) is 8.55. The standard InChI is InChI=1S/C23H30N4O3/c1-15-6-4-8-21(16(15)2)25-22(28)14-27(13-18-7-5-9-30-18)23(29)20-10-19(20)17-11-24-26(3)12-17/h4,6,8,11-12,18-20H,5,7,9-10,13-14H2,1-3H3,(H,25,28). The van der Waals surface area contributed by atoms with E-state index in [2.05, 4.69) is 10.4 Å². The Labute approximate surface area is 177 Å². The van der Waals surface area contributed by atoms with Crippen LogP contribution in [0.1, 0.15) is 41.9 Å². The lowest BCUT2D eigenvalue weighted by Gasteiger charge is -2.25. The smallest absolute Gasteiger partial charge is 0.244 e. The van der Waals surface area contributed by atoms with Crippen LogP contribution < -0.4 is 5.32 Å². The van der Waals surface area contributed by atoms with Crippen LogP contribution in [-0.2, 0) is 21.4 Å². The van der Waals surface area contributed by atoms with Gasteiger partial charge in [-0.1, -0.05) is 12.1 Å². The number of hydrogen-bond acceptors (Lipinski definition) is 4. The van der Waals surface area contributed by atoms with Gasteiger partial charge in [0.05, 0.1) is 18.8 Å². The van der Waals surface area contributed by atoms with Crippen LogP contribution in [0.3, 0.4) is 0 Å². The number of aryl methyl sites for hydroxylation is 2. The van der Waals surface area contributed by atoms with Crippen molar-refractivity contribution >= 4 is 17.5 Å². The van der Waals surface area contributed by atoms with E-state index < -0.39 is 0 Å². The summed E-state index contributed by atoms with van der Waals surface area (Å²) in [7, 11) is 1.88. The highest BCUT2D eigenvalue weighted by molar-refractivity contribution is 5.96. The zero-order chi connectivity index (χ0) is 21.3. The van der Waals surface area contributed by atoms with Crippen molar-refractivity contribution in [2.45, 2.75) is 45.1 Å². The normalized spacial score (nSPS) is 22.7. The summed E-state index contributed by atoms with van der Waals surface area (Å²) in [5.74, 6) is -0.0199. The number of anilines is 1. The molecule has 2 aliphatic rings. The summed E-state index contributed by atoms with van der Waals surface area (Å²) >= 11 is 0. The van der Waals surface area contributed by atoms with Gasteiger partial charge in [-0.3, -0.25) is 14.3 Å². The third-order valence-corrected chi connectivity index (χ3v) is 6.23. The molecule has 2 aromatic rings. The summed E-state index contributed by atoms with van der Waals surface area (Å²) in [6.07, 6.45) is 6.55. The van der Waals surface area contributed by atoms with Crippen molar-refractivity contribution in [3.8, 4) is 0 Å². The number of rotatable bonds is 7. The van der Waals surface area contributed by atoms with Crippen molar-refractivity contribution in [1.82, 2.24) is 14.7 Å².